The fraction of sp³-hybridized carbons (Fsp3) is 0.222. The summed E-state index contributed by atoms with van der Waals surface area (Å²) in [4.78, 5) is 15.9. The molecule has 1 aliphatic rings. The summed E-state index contributed by atoms with van der Waals surface area (Å²) in [6.45, 7) is 0.605. The van der Waals surface area contributed by atoms with Gasteiger partial charge in [-0.25, -0.2) is 0 Å². The van der Waals surface area contributed by atoms with E-state index in [-0.39, 0.29) is 48.0 Å². The summed E-state index contributed by atoms with van der Waals surface area (Å²) in [6, 6.07) is 24.2. The summed E-state index contributed by atoms with van der Waals surface area (Å²) in [5.74, 6) is 0.107. The molecule has 7 nitrogen and oxygen atoms in total. The second-order valence-corrected chi connectivity index (χ2v) is 7.97. The molecule has 0 heterocycles. The van der Waals surface area contributed by atoms with Gasteiger partial charge in [-0.15, -0.1) is 0 Å². The minimum atomic E-state index is -0.978. The third kappa shape index (κ3) is 7.09. The number of hydrogen-bond donors (Lipinski definition) is 0. The first kappa shape index (κ1) is 26.3. The Morgan fingerprint density at radius 3 is 2.20 bits per heavy atom. The minimum absolute atomic E-state index is 0. The number of carbonyl (C=O) groups is 1. The van der Waals surface area contributed by atoms with Crippen molar-refractivity contribution in [1.29, 1.82) is 5.26 Å². The van der Waals surface area contributed by atoms with Gasteiger partial charge < -0.3 is 24.2 Å². The Bertz CT molecular complexity index is 1200. The van der Waals surface area contributed by atoms with E-state index in [1.807, 2.05) is 48.5 Å². The number of hydrogen-bond acceptors (Lipinski definition) is 7. The van der Waals surface area contributed by atoms with Gasteiger partial charge in [0.15, 0.2) is 0 Å². The summed E-state index contributed by atoms with van der Waals surface area (Å²) in [5, 5.41) is 23.9. The molecular formula is C27H23N2NaO5. The number of oxime groups is 1. The zero-order chi connectivity index (χ0) is 23.9. The van der Waals surface area contributed by atoms with Crippen LogP contribution in [0.25, 0.3) is 0 Å². The summed E-state index contributed by atoms with van der Waals surface area (Å²) in [7, 11) is 1.47. The van der Waals surface area contributed by atoms with Gasteiger partial charge in [0, 0.05) is 17.5 Å². The first-order chi connectivity index (χ1) is 16.6. The van der Waals surface area contributed by atoms with Crippen LogP contribution in [0.1, 0.15) is 34.6 Å². The number of nitrogens with zero attached hydrogens (tertiary/aromatic N) is 2. The number of nitriles is 1. The molecule has 1 fully saturated rings. The van der Waals surface area contributed by atoms with Crippen molar-refractivity contribution in [2.24, 2.45) is 11.1 Å². The molecule has 3 aromatic carbocycles. The van der Waals surface area contributed by atoms with Gasteiger partial charge in [-0.3, -0.25) is 0 Å². The predicted octanol–water partition coefficient (Wildman–Crippen LogP) is 0.424. The van der Waals surface area contributed by atoms with Crippen LogP contribution in [0.4, 0.5) is 0 Å². The molecule has 8 heteroatoms. The fourth-order valence-electron chi connectivity index (χ4n) is 3.65. The first-order valence-electron chi connectivity index (χ1n) is 10.8. The van der Waals surface area contributed by atoms with E-state index in [0.29, 0.717) is 30.1 Å². The van der Waals surface area contributed by atoms with E-state index in [9.17, 15) is 9.90 Å². The second-order valence-electron chi connectivity index (χ2n) is 7.97. The van der Waals surface area contributed by atoms with Gasteiger partial charge in [0.25, 0.3) is 0 Å². The average Bonchev–Trinajstić information content (AvgIpc) is 3.68. The van der Waals surface area contributed by atoms with Crippen LogP contribution in [0.5, 0.6) is 11.5 Å². The van der Waals surface area contributed by atoms with Crippen molar-refractivity contribution in [1.82, 2.24) is 0 Å². The zero-order valence-electron chi connectivity index (χ0n) is 19.6. The Balaban J connectivity index is 0.00000342. The third-order valence-electron chi connectivity index (χ3n) is 5.65. The van der Waals surface area contributed by atoms with Crippen LogP contribution in [0.15, 0.2) is 78.0 Å². The molecule has 1 saturated carbocycles. The smallest absolute Gasteiger partial charge is 0.550 e. The van der Waals surface area contributed by atoms with Crippen LogP contribution in [-0.2, 0) is 16.2 Å². The molecule has 35 heavy (non-hydrogen) atoms. The van der Waals surface area contributed by atoms with Crippen molar-refractivity contribution in [2.45, 2.75) is 18.9 Å². The van der Waals surface area contributed by atoms with E-state index in [4.69, 9.17) is 19.6 Å². The van der Waals surface area contributed by atoms with Crippen LogP contribution < -0.4 is 44.1 Å². The first-order valence-corrected chi connectivity index (χ1v) is 10.8. The molecule has 0 amide bonds. The molecule has 0 saturated heterocycles. The molecule has 4 rings (SSSR count). The molecule has 0 N–H and O–H groups in total. The van der Waals surface area contributed by atoms with Crippen LogP contribution in [0.2, 0.25) is 0 Å². The minimum Gasteiger partial charge on any atom is -0.550 e. The van der Waals surface area contributed by atoms with Crippen molar-refractivity contribution < 1.29 is 53.8 Å². The van der Waals surface area contributed by atoms with Gasteiger partial charge in [-0.1, -0.05) is 41.6 Å². The Morgan fingerprint density at radius 2 is 1.63 bits per heavy atom. The Hall–Kier alpha value is -3.31. The van der Waals surface area contributed by atoms with Gasteiger partial charge in [0.2, 0.25) is 0 Å². The molecule has 3 aromatic rings. The number of rotatable bonds is 10. The Labute approximate surface area is 226 Å². The molecule has 1 aliphatic carbocycles. The van der Waals surface area contributed by atoms with Crippen molar-refractivity contribution in [3.63, 3.8) is 0 Å². The van der Waals surface area contributed by atoms with Gasteiger partial charge in [0.1, 0.15) is 37.5 Å². The number of carboxylic acids is 1. The van der Waals surface area contributed by atoms with Crippen molar-refractivity contribution in [3.05, 3.63) is 95.1 Å². The third-order valence-corrected chi connectivity index (χ3v) is 5.65. The van der Waals surface area contributed by atoms with E-state index in [1.54, 1.807) is 24.3 Å². The van der Waals surface area contributed by atoms with Crippen LogP contribution in [0.3, 0.4) is 0 Å². The van der Waals surface area contributed by atoms with Crippen LogP contribution >= 0.6 is 0 Å². The maximum atomic E-state index is 10.9. The van der Waals surface area contributed by atoms with Crippen molar-refractivity contribution >= 4 is 11.7 Å². The topological polar surface area (TPSA) is 104 Å². The summed E-state index contributed by atoms with van der Waals surface area (Å²) in [5.41, 5.74) is 3.98. The fourth-order valence-corrected chi connectivity index (χ4v) is 3.65. The number of ether oxygens (including phenoxy) is 2. The Morgan fingerprint density at radius 1 is 1.00 bits per heavy atom. The summed E-state index contributed by atoms with van der Waals surface area (Å²) < 4.78 is 11.7. The van der Waals surface area contributed by atoms with Crippen LogP contribution in [-0.4, -0.2) is 25.4 Å². The number of benzene rings is 3. The van der Waals surface area contributed by atoms with E-state index < -0.39 is 5.97 Å². The predicted molar refractivity (Wildman–Crippen MR) is 123 cm³/mol. The zero-order valence-corrected chi connectivity index (χ0v) is 21.6. The molecule has 0 aliphatic heterocycles. The van der Waals surface area contributed by atoms with Gasteiger partial charge >= 0.3 is 29.6 Å². The molecule has 2 unspecified atom stereocenters. The molecule has 0 aromatic heterocycles. The van der Waals surface area contributed by atoms with E-state index >= 15 is 0 Å². The Kier molecular flexibility index (Phi) is 9.32. The normalized spacial score (nSPS) is 16.4. The molecular weight excluding hydrogens is 455 g/mol. The van der Waals surface area contributed by atoms with Crippen molar-refractivity contribution in [3.8, 4) is 17.6 Å². The summed E-state index contributed by atoms with van der Waals surface area (Å²) >= 11 is 0. The molecule has 2 atom stereocenters. The number of carboxylic acid groups (broad SMARTS) is 1. The van der Waals surface area contributed by atoms with E-state index in [0.717, 1.165) is 22.4 Å². The molecule has 0 spiro atoms. The van der Waals surface area contributed by atoms with E-state index in [2.05, 4.69) is 11.2 Å². The molecule has 0 radical (unpaired) electrons. The van der Waals surface area contributed by atoms with Gasteiger partial charge in [0.05, 0.1) is 11.6 Å². The average molecular weight is 478 g/mol. The quantitative estimate of drug-likeness (QED) is 0.238. The standard InChI is InChI=1S/C27H24N2O5.Na/c1-32-29-26(21-6-2-18(15-28)3-7-21)17-34-22-10-4-19(5-11-22)16-33-23-12-8-20(9-13-23)24-14-25(24)27(30)31;/h2-13,24-25H,14,16-17H2,1H3,(H,30,31);/q;+1/p-1/b29-26+;. The SMILES string of the molecule is CO/N=C(\COc1ccc(COc2ccc(C3CC3C(=O)[O-])cc2)cc1)c1ccc(C#N)cc1.[Na+]. The maximum Gasteiger partial charge on any atom is 1.00 e. The maximum absolute atomic E-state index is 10.9. The van der Waals surface area contributed by atoms with Crippen LogP contribution in [0, 0.1) is 17.2 Å². The van der Waals surface area contributed by atoms with Gasteiger partial charge in [-0.05, 0) is 59.9 Å². The number of carbonyl (C=O) groups excluding carboxylic acids is 1. The molecule has 172 valence electrons. The second kappa shape index (κ2) is 12.4. The number of aliphatic carboxylic acids is 1. The monoisotopic (exact) mass is 478 g/mol. The van der Waals surface area contributed by atoms with Crippen molar-refractivity contribution in [2.75, 3.05) is 13.7 Å². The summed E-state index contributed by atoms with van der Waals surface area (Å²) in [6.07, 6.45) is 0.642. The molecule has 0 bridgehead atoms. The largest absolute Gasteiger partial charge is 1.00 e. The van der Waals surface area contributed by atoms with E-state index in [1.165, 1.54) is 7.11 Å². The van der Waals surface area contributed by atoms with Gasteiger partial charge in [-0.2, -0.15) is 5.26 Å².